The van der Waals surface area contributed by atoms with Crippen molar-refractivity contribution in [2.75, 3.05) is 19.6 Å². The van der Waals surface area contributed by atoms with Gasteiger partial charge < -0.3 is 10.2 Å². The van der Waals surface area contributed by atoms with Crippen molar-refractivity contribution < 1.29 is 4.79 Å². The fourth-order valence-electron chi connectivity index (χ4n) is 3.91. The molecule has 3 aromatic rings. The normalized spacial score (nSPS) is 15.9. The van der Waals surface area contributed by atoms with E-state index in [0.29, 0.717) is 30.2 Å². The van der Waals surface area contributed by atoms with Crippen molar-refractivity contribution in [3.8, 4) is 0 Å². The molecule has 0 bridgehead atoms. The van der Waals surface area contributed by atoms with Crippen molar-refractivity contribution in [3.05, 3.63) is 64.6 Å². The second-order valence-electron chi connectivity index (χ2n) is 7.92. The maximum absolute atomic E-state index is 12.8. The van der Waals surface area contributed by atoms with E-state index in [1.807, 2.05) is 11.1 Å². The molecule has 1 aliphatic rings. The van der Waals surface area contributed by atoms with Gasteiger partial charge in [0.1, 0.15) is 5.02 Å². The summed E-state index contributed by atoms with van der Waals surface area (Å²) < 4.78 is 1.66. The number of carbonyl (C=O) groups is 1. The van der Waals surface area contributed by atoms with Crippen LogP contribution in [0, 0.1) is 0 Å². The number of urea groups is 1. The first-order chi connectivity index (χ1) is 13.4. The third kappa shape index (κ3) is 3.69. The second-order valence-corrected chi connectivity index (χ2v) is 8.32. The summed E-state index contributed by atoms with van der Waals surface area (Å²) in [5.74, 6) is 0. The van der Waals surface area contributed by atoms with E-state index in [2.05, 4.69) is 53.5 Å². The summed E-state index contributed by atoms with van der Waals surface area (Å²) in [6.45, 7) is 6.38. The van der Waals surface area contributed by atoms with E-state index in [1.165, 1.54) is 11.1 Å². The van der Waals surface area contributed by atoms with Crippen molar-refractivity contribution in [2.24, 2.45) is 0 Å². The van der Waals surface area contributed by atoms with Crippen molar-refractivity contribution in [1.82, 2.24) is 24.8 Å². The van der Waals surface area contributed by atoms with E-state index in [-0.39, 0.29) is 11.4 Å². The molecule has 6 nitrogen and oxygen atoms in total. The Labute approximate surface area is 169 Å². The molecule has 1 aliphatic heterocycles. The van der Waals surface area contributed by atoms with Crippen LogP contribution in [0.1, 0.15) is 30.5 Å². The number of nitrogens with one attached hydrogen (secondary N) is 1. The summed E-state index contributed by atoms with van der Waals surface area (Å²) in [4.78, 5) is 19.0. The highest BCUT2D eigenvalue weighted by Gasteiger charge is 2.31. The van der Waals surface area contributed by atoms with Gasteiger partial charge in [0.15, 0.2) is 5.65 Å². The van der Waals surface area contributed by atoms with Gasteiger partial charge in [0, 0.05) is 37.4 Å². The van der Waals surface area contributed by atoms with E-state index in [4.69, 9.17) is 11.6 Å². The molecule has 2 aromatic heterocycles. The predicted octanol–water partition coefficient (Wildman–Crippen LogP) is 3.47. The molecule has 0 aliphatic carbocycles. The Balaban J connectivity index is 1.37. The molecular formula is C21H24ClN5O. The van der Waals surface area contributed by atoms with Crippen LogP contribution in [0.15, 0.2) is 42.9 Å². The SMILES string of the molecule is CC1(C)CN(C(=O)NCCc2cnc3c(Cl)cnn3c2)CCc2ccccc21. The highest BCUT2D eigenvalue weighted by atomic mass is 35.5. The van der Waals surface area contributed by atoms with Crippen LogP contribution in [0.5, 0.6) is 0 Å². The molecule has 2 amide bonds. The van der Waals surface area contributed by atoms with Crippen molar-refractivity contribution in [2.45, 2.75) is 32.1 Å². The van der Waals surface area contributed by atoms with Gasteiger partial charge in [-0.1, -0.05) is 49.7 Å². The predicted molar refractivity (Wildman–Crippen MR) is 110 cm³/mol. The summed E-state index contributed by atoms with van der Waals surface area (Å²) in [5, 5.41) is 7.75. The molecular weight excluding hydrogens is 374 g/mol. The lowest BCUT2D eigenvalue weighted by atomic mass is 9.82. The quantitative estimate of drug-likeness (QED) is 0.736. The van der Waals surface area contributed by atoms with Crippen LogP contribution in [0.25, 0.3) is 5.65 Å². The molecule has 0 spiro atoms. The zero-order valence-corrected chi connectivity index (χ0v) is 16.9. The molecule has 1 N–H and O–H groups in total. The molecule has 3 heterocycles. The number of halogens is 1. The second kappa shape index (κ2) is 7.43. The highest BCUT2D eigenvalue weighted by Crippen LogP contribution is 2.30. The maximum Gasteiger partial charge on any atom is 0.317 e. The van der Waals surface area contributed by atoms with E-state index in [0.717, 1.165) is 18.5 Å². The van der Waals surface area contributed by atoms with Crippen LogP contribution >= 0.6 is 11.6 Å². The third-order valence-electron chi connectivity index (χ3n) is 5.33. The first kappa shape index (κ1) is 18.7. The fraction of sp³-hybridized carbons (Fsp3) is 0.381. The Bertz CT molecular complexity index is 1010. The first-order valence-electron chi connectivity index (χ1n) is 9.53. The molecule has 7 heteroatoms. The van der Waals surface area contributed by atoms with Crippen LogP contribution in [0.4, 0.5) is 4.79 Å². The molecule has 0 unspecified atom stereocenters. The standard InChI is InChI=1S/C21H24ClN5O/c1-21(2)14-26(10-8-16-5-3-4-6-17(16)21)20(28)23-9-7-15-11-24-19-18(22)12-25-27(19)13-15/h3-6,11-13H,7-10,14H2,1-2H3,(H,23,28). The summed E-state index contributed by atoms with van der Waals surface area (Å²) in [6, 6.07) is 8.48. The number of rotatable bonds is 3. The van der Waals surface area contributed by atoms with Gasteiger partial charge in [0.25, 0.3) is 0 Å². The minimum absolute atomic E-state index is 0.0166. The zero-order chi connectivity index (χ0) is 19.7. The number of nitrogens with zero attached hydrogens (tertiary/aromatic N) is 4. The Morgan fingerprint density at radius 2 is 2.11 bits per heavy atom. The van der Waals surface area contributed by atoms with Crippen molar-refractivity contribution in [1.29, 1.82) is 0 Å². The third-order valence-corrected chi connectivity index (χ3v) is 5.59. The first-order valence-corrected chi connectivity index (χ1v) is 9.91. The lowest BCUT2D eigenvalue weighted by Crippen LogP contribution is -2.45. The Morgan fingerprint density at radius 3 is 2.96 bits per heavy atom. The van der Waals surface area contributed by atoms with Gasteiger partial charge in [-0.2, -0.15) is 5.10 Å². The van der Waals surface area contributed by atoms with E-state index < -0.39 is 0 Å². The molecule has 4 rings (SSSR count). The van der Waals surface area contributed by atoms with Gasteiger partial charge in [0.2, 0.25) is 0 Å². The van der Waals surface area contributed by atoms with Crippen LogP contribution in [0.3, 0.4) is 0 Å². The molecule has 0 radical (unpaired) electrons. The number of amides is 2. The van der Waals surface area contributed by atoms with Crippen LogP contribution < -0.4 is 5.32 Å². The minimum Gasteiger partial charge on any atom is -0.338 e. The summed E-state index contributed by atoms with van der Waals surface area (Å²) >= 11 is 6.02. The van der Waals surface area contributed by atoms with Crippen molar-refractivity contribution in [3.63, 3.8) is 0 Å². The van der Waals surface area contributed by atoms with Crippen LogP contribution in [-0.2, 0) is 18.3 Å². The fourth-order valence-corrected chi connectivity index (χ4v) is 4.09. The average molecular weight is 398 g/mol. The molecule has 0 saturated heterocycles. The number of aromatic nitrogens is 3. The van der Waals surface area contributed by atoms with Gasteiger partial charge in [-0.25, -0.2) is 14.3 Å². The molecule has 1 aromatic carbocycles. The largest absolute Gasteiger partial charge is 0.338 e. The number of hydrogen-bond acceptors (Lipinski definition) is 3. The molecule has 0 fully saturated rings. The van der Waals surface area contributed by atoms with Crippen LogP contribution in [-0.4, -0.2) is 45.2 Å². The van der Waals surface area contributed by atoms with E-state index in [1.54, 1.807) is 16.9 Å². The minimum atomic E-state index is -0.0707. The highest BCUT2D eigenvalue weighted by molar-refractivity contribution is 6.33. The smallest absolute Gasteiger partial charge is 0.317 e. The summed E-state index contributed by atoms with van der Waals surface area (Å²) in [5.41, 5.74) is 4.23. The monoisotopic (exact) mass is 397 g/mol. The average Bonchev–Trinajstić information content (AvgIpc) is 2.98. The lowest BCUT2D eigenvalue weighted by Gasteiger charge is -2.31. The topological polar surface area (TPSA) is 62.5 Å². The lowest BCUT2D eigenvalue weighted by molar-refractivity contribution is 0.189. The molecule has 146 valence electrons. The van der Waals surface area contributed by atoms with Gasteiger partial charge in [-0.05, 0) is 29.5 Å². The number of hydrogen-bond donors (Lipinski definition) is 1. The van der Waals surface area contributed by atoms with Crippen LogP contribution in [0.2, 0.25) is 5.02 Å². The zero-order valence-electron chi connectivity index (χ0n) is 16.2. The van der Waals surface area contributed by atoms with Gasteiger partial charge in [-0.3, -0.25) is 0 Å². The summed E-state index contributed by atoms with van der Waals surface area (Å²) in [6.07, 6.45) is 6.82. The van der Waals surface area contributed by atoms with Gasteiger partial charge in [0.05, 0.1) is 6.20 Å². The number of carbonyl (C=O) groups excluding carboxylic acids is 1. The summed E-state index contributed by atoms with van der Waals surface area (Å²) in [7, 11) is 0. The van der Waals surface area contributed by atoms with Crippen molar-refractivity contribution >= 4 is 23.3 Å². The molecule has 0 atom stereocenters. The maximum atomic E-state index is 12.8. The number of fused-ring (bicyclic) bond motifs is 2. The Hall–Kier alpha value is -2.60. The Kier molecular flexibility index (Phi) is 4.98. The Morgan fingerprint density at radius 1 is 1.29 bits per heavy atom. The van der Waals surface area contributed by atoms with E-state index in [9.17, 15) is 4.79 Å². The van der Waals surface area contributed by atoms with E-state index >= 15 is 0 Å². The van der Waals surface area contributed by atoms with Gasteiger partial charge in [-0.15, -0.1) is 0 Å². The molecule has 0 saturated carbocycles. The molecule has 28 heavy (non-hydrogen) atoms. The van der Waals surface area contributed by atoms with Gasteiger partial charge >= 0.3 is 6.03 Å². The number of benzene rings is 1.